The van der Waals surface area contributed by atoms with Gasteiger partial charge in [0.05, 0.1) is 22.7 Å². The number of nitrogens with one attached hydrogen (secondary N) is 1. The molecule has 0 spiro atoms. The third kappa shape index (κ3) is 4.27. The predicted molar refractivity (Wildman–Crippen MR) is 98.0 cm³/mol. The fourth-order valence-corrected chi connectivity index (χ4v) is 3.66. The highest BCUT2D eigenvalue weighted by Gasteiger charge is 2.29. The Balaban J connectivity index is 2.31. The molecule has 0 saturated heterocycles. The molecule has 1 atom stereocenters. The van der Waals surface area contributed by atoms with Crippen LogP contribution in [0.25, 0.3) is 0 Å². The number of anilines is 2. The van der Waals surface area contributed by atoms with Crippen LogP contribution in [0.4, 0.5) is 11.4 Å². The molecular weight excluding hydrogens is 348 g/mol. The molecule has 0 bridgehead atoms. The highest BCUT2D eigenvalue weighted by Crippen LogP contribution is 2.24. The van der Waals surface area contributed by atoms with E-state index >= 15 is 0 Å². The van der Waals surface area contributed by atoms with Crippen LogP contribution in [-0.4, -0.2) is 26.6 Å². The second-order valence-corrected chi connectivity index (χ2v) is 7.81. The standard InChI is InChI=1S/C17H19ClN2O3S/c1-12-8-10-14(11-9-12)20(24(3,22)23)13(2)17(21)19-16-7-5-4-6-15(16)18/h4-11,13H,1-3H3,(H,19,21)/t13-/m0/s1. The maximum Gasteiger partial charge on any atom is 0.248 e. The van der Waals surface area contributed by atoms with Crippen LogP contribution < -0.4 is 9.62 Å². The van der Waals surface area contributed by atoms with Gasteiger partial charge in [0.1, 0.15) is 6.04 Å². The fourth-order valence-electron chi connectivity index (χ4n) is 2.30. The zero-order valence-corrected chi connectivity index (χ0v) is 15.2. The van der Waals surface area contributed by atoms with Crippen LogP contribution in [0.3, 0.4) is 0 Å². The van der Waals surface area contributed by atoms with E-state index in [2.05, 4.69) is 5.32 Å². The van der Waals surface area contributed by atoms with Crippen molar-refractivity contribution in [3.8, 4) is 0 Å². The van der Waals surface area contributed by atoms with Gasteiger partial charge in [0.25, 0.3) is 0 Å². The fraction of sp³-hybridized carbons (Fsp3) is 0.235. The maximum atomic E-state index is 12.5. The number of amides is 1. The second-order valence-electron chi connectivity index (χ2n) is 5.54. The number of hydrogen-bond acceptors (Lipinski definition) is 3. The van der Waals surface area contributed by atoms with Gasteiger partial charge >= 0.3 is 0 Å². The van der Waals surface area contributed by atoms with E-state index in [1.807, 2.05) is 6.92 Å². The molecule has 0 aliphatic heterocycles. The van der Waals surface area contributed by atoms with Crippen LogP contribution in [0.2, 0.25) is 5.02 Å². The number of carbonyl (C=O) groups excluding carboxylic acids is 1. The quantitative estimate of drug-likeness (QED) is 0.881. The second kappa shape index (κ2) is 7.23. The summed E-state index contributed by atoms with van der Waals surface area (Å²) in [6.45, 7) is 3.44. The first-order valence-electron chi connectivity index (χ1n) is 7.31. The third-order valence-electron chi connectivity index (χ3n) is 3.51. The summed E-state index contributed by atoms with van der Waals surface area (Å²) in [5, 5.41) is 3.05. The van der Waals surface area contributed by atoms with Crippen LogP contribution in [0, 0.1) is 6.92 Å². The van der Waals surface area contributed by atoms with Crippen LogP contribution in [0.1, 0.15) is 12.5 Å². The summed E-state index contributed by atoms with van der Waals surface area (Å²) in [5.74, 6) is -0.464. The van der Waals surface area contributed by atoms with Gasteiger partial charge in [0.15, 0.2) is 0 Å². The lowest BCUT2D eigenvalue weighted by Crippen LogP contribution is -2.45. The number of benzene rings is 2. The van der Waals surface area contributed by atoms with Crippen LogP contribution in [0.5, 0.6) is 0 Å². The predicted octanol–water partition coefficient (Wildman–Crippen LogP) is 3.44. The molecule has 128 valence electrons. The number of nitrogens with zero attached hydrogens (tertiary/aromatic N) is 1. The summed E-state index contributed by atoms with van der Waals surface area (Å²) in [5.41, 5.74) is 1.87. The lowest BCUT2D eigenvalue weighted by molar-refractivity contribution is -0.116. The summed E-state index contributed by atoms with van der Waals surface area (Å²) < 4.78 is 25.5. The van der Waals surface area contributed by atoms with Crippen molar-refractivity contribution in [3.05, 3.63) is 59.1 Å². The topological polar surface area (TPSA) is 66.5 Å². The molecule has 0 saturated carbocycles. The molecule has 0 aliphatic rings. The molecule has 2 aromatic rings. The van der Waals surface area contributed by atoms with Crippen LogP contribution in [0.15, 0.2) is 48.5 Å². The molecule has 1 N–H and O–H groups in total. The molecule has 24 heavy (non-hydrogen) atoms. The smallest absolute Gasteiger partial charge is 0.248 e. The van der Waals surface area contributed by atoms with Gasteiger partial charge in [-0.15, -0.1) is 0 Å². The summed E-state index contributed by atoms with van der Waals surface area (Å²) in [6.07, 6.45) is 1.08. The highest BCUT2D eigenvalue weighted by molar-refractivity contribution is 7.92. The van der Waals surface area contributed by atoms with Gasteiger partial charge in [-0.3, -0.25) is 9.10 Å². The van der Waals surface area contributed by atoms with Crippen molar-refractivity contribution >= 4 is 38.9 Å². The van der Waals surface area contributed by atoms with Crippen molar-refractivity contribution in [1.82, 2.24) is 0 Å². The van der Waals surface area contributed by atoms with E-state index in [1.54, 1.807) is 48.5 Å². The normalized spacial score (nSPS) is 12.5. The molecule has 2 aromatic carbocycles. The van der Waals surface area contributed by atoms with Gasteiger partial charge in [0, 0.05) is 0 Å². The molecule has 7 heteroatoms. The van der Waals surface area contributed by atoms with E-state index in [4.69, 9.17) is 11.6 Å². The molecule has 2 rings (SSSR count). The van der Waals surface area contributed by atoms with E-state index in [9.17, 15) is 13.2 Å². The Bertz CT molecular complexity index is 835. The Morgan fingerprint density at radius 1 is 1.12 bits per heavy atom. The van der Waals surface area contributed by atoms with E-state index in [1.165, 1.54) is 6.92 Å². The minimum atomic E-state index is -3.64. The van der Waals surface area contributed by atoms with Gasteiger partial charge in [0.2, 0.25) is 15.9 Å². The van der Waals surface area contributed by atoms with Crippen molar-refractivity contribution in [3.63, 3.8) is 0 Å². The van der Waals surface area contributed by atoms with Gasteiger partial charge < -0.3 is 5.32 Å². The molecule has 0 heterocycles. The Morgan fingerprint density at radius 3 is 2.25 bits per heavy atom. The third-order valence-corrected chi connectivity index (χ3v) is 5.08. The molecular formula is C17H19ClN2O3S. The summed E-state index contributed by atoms with van der Waals surface area (Å²) in [4.78, 5) is 12.5. The largest absolute Gasteiger partial charge is 0.323 e. The zero-order valence-electron chi connectivity index (χ0n) is 13.7. The lowest BCUT2D eigenvalue weighted by atomic mass is 10.2. The molecule has 0 aliphatic carbocycles. The first-order chi connectivity index (χ1) is 11.2. The van der Waals surface area contributed by atoms with E-state index in [0.29, 0.717) is 16.4 Å². The summed E-state index contributed by atoms with van der Waals surface area (Å²) >= 11 is 6.03. The monoisotopic (exact) mass is 366 g/mol. The first-order valence-corrected chi connectivity index (χ1v) is 9.54. The van der Waals surface area contributed by atoms with Gasteiger partial charge in [-0.05, 0) is 38.1 Å². The minimum absolute atomic E-state index is 0.388. The van der Waals surface area contributed by atoms with E-state index < -0.39 is 22.0 Å². The number of hydrogen-bond donors (Lipinski definition) is 1. The van der Waals surface area contributed by atoms with Crippen molar-refractivity contribution in [2.75, 3.05) is 15.9 Å². The number of halogens is 1. The van der Waals surface area contributed by atoms with Gasteiger partial charge in [-0.25, -0.2) is 8.42 Å². The van der Waals surface area contributed by atoms with Crippen LogP contribution in [-0.2, 0) is 14.8 Å². The summed E-state index contributed by atoms with van der Waals surface area (Å²) in [6, 6.07) is 12.8. The molecule has 0 radical (unpaired) electrons. The average Bonchev–Trinajstić information content (AvgIpc) is 2.50. The van der Waals surface area contributed by atoms with Crippen molar-refractivity contribution < 1.29 is 13.2 Å². The SMILES string of the molecule is Cc1ccc(N([C@@H](C)C(=O)Nc2ccccc2Cl)S(C)(=O)=O)cc1. The molecule has 0 unspecified atom stereocenters. The Morgan fingerprint density at radius 2 is 1.71 bits per heavy atom. The molecule has 0 fully saturated rings. The summed E-state index contributed by atoms with van der Waals surface area (Å²) in [7, 11) is -3.64. The number of carbonyl (C=O) groups is 1. The van der Waals surface area contributed by atoms with Crippen molar-refractivity contribution in [2.24, 2.45) is 0 Å². The molecule has 1 amide bonds. The number of aryl methyl sites for hydroxylation is 1. The highest BCUT2D eigenvalue weighted by atomic mass is 35.5. The Kier molecular flexibility index (Phi) is 5.51. The molecule has 5 nitrogen and oxygen atoms in total. The molecule has 0 aromatic heterocycles. The number of para-hydroxylation sites is 1. The van der Waals surface area contributed by atoms with E-state index in [0.717, 1.165) is 16.1 Å². The number of sulfonamides is 1. The Labute approximate surface area is 147 Å². The maximum absolute atomic E-state index is 12.5. The van der Waals surface area contributed by atoms with Gasteiger partial charge in [-0.1, -0.05) is 41.4 Å². The number of rotatable bonds is 5. The van der Waals surface area contributed by atoms with Crippen molar-refractivity contribution in [1.29, 1.82) is 0 Å². The van der Waals surface area contributed by atoms with E-state index in [-0.39, 0.29) is 0 Å². The van der Waals surface area contributed by atoms with Gasteiger partial charge in [-0.2, -0.15) is 0 Å². The average molecular weight is 367 g/mol. The zero-order chi connectivity index (χ0) is 17.9. The van der Waals surface area contributed by atoms with Crippen molar-refractivity contribution in [2.45, 2.75) is 19.9 Å². The Hall–Kier alpha value is -2.05. The minimum Gasteiger partial charge on any atom is -0.323 e. The first kappa shape index (κ1) is 18.3. The van der Waals surface area contributed by atoms with Crippen LogP contribution >= 0.6 is 11.6 Å². The lowest BCUT2D eigenvalue weighted by Gasteiger charge is -2.28.